The minimum atomic E-state index is -0.417. The molecule has 0 fully saturated rings. The fourth-order valence-corrected chi connectivity index (χ4v) is 3.12. The summed E-state index contributed by atoms with van der Waals surface area (Å²) >= 11 is 0. The fraction of sp³-hybridized carbons (Fsp3) is 0.190. The van der Waals surface area contributed by atoms with Gasteiger partial charge >= 0.3 is 0 Å². The van der Waals surface area contributed by atoms with E-state index in [1.807, 2.05) is 38.2 Å². The largest absolute Gasteiger partial charge is 0.437 e. The van der Waals surface area contributed by atoms with Crippen LogP contribution in [0.2, 0.25) is 0 Å². The van der Waals surface area contributed by atoms with Gasteiger partial charge in [0.15, 0.2) is 5.82 Å². The van der Waals surface area contributed by atoms with Crippen LogP contribution in [-0.2, 0) is 6.61 Å². The number of aryl methyl sites for hydroxylation is 1. The number of ether oxygens (including phenoxy) is 1. The maximum atomic E-state index is 9.39. The van der Waals surface area contributed by atoms with Crippen LogP contribution < -0.4 is 15.8 Å². The van der Waals surface area contributed by atoms with Crippen molar-refractivity contribution in [3.8, 4) is 17.7 Å². The van der Waals surface area contributed by atoms with Gasteiger partial charge in [-0.1, -0.05) is 12.1 Å². The van der Waals surface area contributed by atoms with Crippen LogP contribution in [0.3, 0.4) is 0 Å². The van der Waals surface area contributed by atoms with E-state index >= 15 is 0 Å². The Kier molecular flexibility index (Phi) is 5.34. The van der Waals surface area contributed by atoms with Crippen molar-refractivity contribution in [3.63, 3.8) is 0 Å². The van der Waals surface area contributed by atoms with Crippen molar-refractivity contribution in [2.75, 3.05) is 11.1 Å². The smallest absolute Gasteiger partial charge is 0.247 e. The lowest BCUT2D eigenvalue weighted by atomic mass is 10.2. The first kappa shape index (κ1) is 20.1. The zero-order chi connectivity index (χ0) is 22.0. The zero-order valence-corrected chi connectivity index (χ0v) is 16.9. The van der Waals surface area contributed by atoms with E-state index in [4.69, 9.17) is 10.5 Å². The van der Waals surface area contributed by atoms with Crippen LogP contribution in [0.4, 0.5) is 11.6 Å². The monoisotopic (exact) mass is 416 g/mol. The molecule has 10 nitrogen and oxygen atoms in total. The van der Waals surface area contributed by atoms with Crippen LogP contribution >= 0.6 is 0 Å². The van der Waals surface area contributed by atoms with Crippen LogP contribution in [0.15, 0.2) is 42.9 Å². The Hall–Kier alpha value is -4.23. The highest BCUT2D eigenvalue weighted by Gasteiger charge is 2.19. The van der Waals surface area contributed by atoms with Gasteiger partial charge in [0.05, 0.1) is 12.6 Å². The number of nitrogens with one attached hydrogen (secondary N) is 1. The van der Waals surface area contributed by atoms with Gasteiger partial charge in [-0.15, -0.1) is 0 Å². The highest BCUT2D eigenvalue weighted by Crippen LogP contribution is 2.29. The van der Waals surface area contributed by atoms with Crippen molar-refractivity contribution in [1.29, 1.82) is 5.26 Å². The average Bonchev–Trinajstić information content (AvgIpc) is 3.15. The van der Waals surface area contributed by atoms with Crippen molar-refractivity contribution < 1.29 is 9.84 Å². The van der Waals surface area contributed by atoms with Crippen molar-refractivity contribution in [3.05, 3.63) is 65.4 Å². The summed E-state index contributed by atoms with van der Waals surface area (Å²) in [7, 11) is 0. The number of aliphatic hydroxyl groups excluding tert-OH is 1. The summed E-state index contributed by atoms with van der Waals surface area (Å²) in [4.78, 5) is 12.6. The lowest BCUT2D eigenvalue weighted by Gasteiger charge is -2.16. The van der Waals surface area contributed by atoms with Crippen molar-refractivity contribution >= 4 is 17.2 Å². The summed E-state index contributed by atoms with van der Waals surface area (Å²) in [6.07, 6.45) is 3.11. The molecule has 4 rings (SSSR count). The lowest BCUT2D eigenvalue weighted by molar-refractivity contribution is 0.281. The Morgan fingerprint density at radius 3 is 2.94 bits per heavy atom. The van der Waals surface area contributed by atoms with Gasteiger partial charge in [-0.05, 0) is 43.2 Å². The number of hydrogen-bond acceptors (Lipinski definition) is 9. The Balaban J connectivity index is 1.72. The maximum Gasteiger partial charge on any atom is 0.247 e. The SMILES string of the molecule is Cc1ccn2nc(C(C)Nc3ncnc(N)c3C#N)nc(Oc3cccc(CO)c3)c12. The summed E-state index contributed by atoms with van der Waals surface area (Å²) in [6.45, 7) is 3.70. The highest BCUT2D eigenvalue weighted by atomic mass is 16.5. The first-order valence-corrected chi connectivity index (χ1v) is 9.50. The second kappa shape index (κ2) is 8.25. The molecule has 0 aliphatic heterocycles. The third-order valence-corrected chi connectivity index (χ3v) is 4.72. The first-order chi connectivity index (χ1) is 15.0. The number of nitrogens with two attached hydrogens (primary N) is 1. The van der Waals surface area contributed by atoms with Crippen molar-refractivity contribution in [2.24, 2.45) is 0 Å². The van der Waals surface area contributed by atoms with Gasteiger partial charge in [-0.25, -0.2) is 14.5 Å². The lowest BCUT2D eigenvalue weighted by Crippen LogP contribution is -2.16. The van der Waals surface area contributed by atoms with Crippen LogP contribution in [0.1, 0.15) is 35.5 Å². The molecule has 0 aliphatic carbocycles. The number of aliphatic hydroxyl groups is 1. The molecule has 0 saturated heterocycles. The molecule has 1 atom stereocenters. The second-order valence-electron chi connectivity index (χ2n) is 6.94. The maximum absolute atomic E-state index is 9.39. The molecule has 0 saturated carbocycles. The van der Waals surface area contributed by atoms with E-state index < -0.39 is 6.04 Å². The quantitative estimate of drug-likeness (QED) is 0.431. The molecular formula is C21H20N8O2. The fourth-order valence-electron chi connectivity index (χ4n) is 3.12. The van der Waals surface area contributed by atoms with Crippen molar-refractivity contribution in [2.45, 2.75) is 26.5 Å². The van der Waals surface area contributed by atoms with Crippen LogP contribution in [-0.4, -0.2) is 29.7 Å². The summed E-state index contributed by atoms with van der Waals surface area (Å²) < 4.78 is 7.76. The second-order valence-corrected chi connectivity index (χ2v) is 6.94. The number of aromatic nitrogens is 5. The molecule has 10 heteroatoms. The van der Waals surface area contributed by atoms with E-state index in [9.17, 15) is 10.4 Å². The minimum absolute atomic E-state index is 0.0873. The number of anilines is 2. The predicted octanol–water partition coefficient (Wildman–Crippen LogP) is 2.74. The summed E-state index contributed by atoms with van der Waals surface area (Å²) in [5.74, 6) is 1.75. The van der Waals surface area contributed by atoms with Crippen LogP contribution in [0, 0.1) is 18.3 Å². The minimum Gasteiger partial charge on any atom is -0.437 e. The van der Waals surface area contributed by atoms with Crippen molar-refractivity contribution in [1.82, 2.24) is 24.6 Å². The van der Waals surface area contributed by atoms with Gasteiger partial charge in [-0.3, -0.25) is 0 Å². The molecule has 0 aliphatic rings. The average molecular weight is 416 g/mol. The number of hydrogen-bond donors (Lipinski definition) is 3. The van der Waals surface area contributed by atoms with Gasteiger partial charge in [0.2, 0.25) is 5.88 Å². The Labute approximate surface area is 178 Å². The third-order valence-electron chi connectivity index (χ3n) is 4.72. The predicted molar refractivity (Wildman–Crippen MR) is 113 cm³/mol. The molecule has 0 radical (unpaired) electrons. The molecule has 3 aromatic heterocycles. The van der Waals surface area contributed by atoms with E-state index in [1.165, 1.54) is 6.33 Å². The molecule has 4 aromatic rings. The molecule has 31 heavy (non-hydrogen) atoms. The van der Waals surface area contributed by atoms with Gasteiger partial charge in [0, 0.05) is 6.20 Å². The number of nitrogens with zero attached hydrogens (tertiary/aromatic N) is 6. The molecule has 156 valence electrons. The third kappa shape index (κ3) is 3.94. The van der Waals surface area contributed by atoms with Gasteiger partial charge in [0.1, 0.15) is 40.9 Å². The Bertz CT molecular complexity index is 1290. The number of benzene rings is 1. The molecular weight excluding hydrogens is 396 g/mol. The summed E-state index contributed by atoms with van der Waals surface area (Å²) in [5, 5.41) is 26.4. The topological polar surface area (TPSA) is 147 Å². The molecule has 4 N–H and O–H groups in total. The molecule has 0 bridgehead atoms. The van der Waals surface area contributed by atoms with Crippen LogP contribution in [0.5, 0.6) is 11.6 Å². The number of fused-ring (bicyclic) bond motifs is 1. The van der Waals surface area contributed by atoms with E-state index in [-0.39, 0.29) is 18.0 Å². The Morgan fingerprint density at radius 1 is 1.32 bits per heavy atom. The van der Waals surface area contributed by atoms with E-state index in [0.29, 0.717) is 23.3 Å². The number of nitriles is 1. The summed E-state index contributed by atoms with van der Waals surface area (Å²) in [6, 6.07) is 10.7. The molecule has 0 amide bonds. The van der Waals surface area contributed by atoms with E-state index in [0.717, 1.165) is 16.6 Å². The zero-order valence-electron chi connectivity index (χ0n) is 16.9. The number of nitrogen functional groups attached to an aromatic ring is 1. The van der Waals surface area contributed by atoms with E-state index in [1.54, 1.807) is 22.7 Å². The van der Waals surface area contributed by atoms with E-state index in [2.05, 4.69) is 25.4 Å². The summed E-state index contributed by atoms with van der Waals surface area (Å²) in [5.41, 5.74) is 8.34. The number of rotatable bonds is 6. The van der Waals surface area contributed by atoms with Crippen LogP contribution in [0.25, 0.3) is 5.52 Å². The van der Waals surface area contributed by atoms with Gasteiger partial charge in [0.25, 0.3) is 0 Å². The first-order valence-electron chi connectivity index (χ1n) is 9.50. The molecule has 3 heterocycles. The van der Waals surface area contributed by atoms with Gasteiger partial charge in [-0.2, -0.15) is 15.3 Å². The molecule has 1 unspecified atom stereocenters. The normalized spacial score (nSPS) is 11.8. The molecule has 0 spiro atoms. The van der Waals surface area contributed by atoms with Gasteiger partial charge < -0.3 is 20.9 Å². The highest BCUT2D eigenvalue weighted by molar-refractivity contribution is 5.64. The molecule has 1 aromatic carbocycles. The Morgan fingerprint density at radius 2 is 2.16 bits per heavy atom. The standard InChI is InChI=1S/C21H20N8O2/c1-12-6-7-29-17(12)21(31-15-5-3-4-14(8-15)10-30)27-19(28-29)13(2)26-20-16(9-22)18(23)24-11-25-20/h3-8,11,13,30H,10H2,1-2H3,(H3,23,24,25,26).